The predicted octanol–water partition coefficient (Wildman–Crippen LogP) is 4.28. The van der Waals surface area contributed by atoms with Crippen molar-refractivity contribution in [1.29, 1.82) is 0 Å². The van der Waals surface area contributed by atoms with E-state index in [1.165, 1.54) is 6.08 Å². The molecule has 4 N–H and O–H groups in total. The van der Waals surface area contributed by atoms with Crippen LogP contribution in [0, 0.1) is 0 Å². The first kappa shape index (κ1) is 24.1. The number of nitrogens with two attached hydrogens (primary N) is 2. The highest BCUT2D eigenvalue weighted by atomic mass is 16.5. The average molecular weight is 451 g/mol. The highest BCUT2D eigenvalue weighted by Gasteiger charge is 2.24. The largest absolute Gasteiger partial charge is 0.459 e. The van der Waals surface area contributed by atoms with Gasteiger partial charge in [-0.15, -0.1) is 6.58 Å². The molecule has 0 amide bonds. The maximum Gasteiger partial charge on any atom is 0.338 e. The summed E-state index contributed by atoms with van der Waals surface area (Å²) >= 11 is 0. The Bertz CT molecular complexity index is 992. The van der Waals surface area contributed by atoms with E-state index in [-0.39, 0.29) is 24.8 Å². The highest BCUT2D eigenvalue weighted by Crippen LogP contribution is 2.24. The van der Waals surface area contributed by atoms with Crippen LogP contribution in [0.25, 0.3) is 6.08 Å². The summed E-state index contributed by atoms with van der Waals surface area (Å²) < 4.78 is 16.5. The molecule has 1 fully saturated rings. The molecule has 1 saturated carbocycles. The molecule has 7 nitrogen and oxygen atoms in total. The molecule has 0 aromatic heterocycles. The number of ether oxygens (including phenoxy) is 3. The maximum absolute atomic E-state index is 12.4. The van der Waals surface area contributed by atoms with E-state index >= 15 is 0 Å². The second-order valence-corrected chi connectivity index (χ2v) is 7.95. The fraction of sp³-hybridized carbons (Fsp3) is 0.308. The molecule has 0 bridgehead atoms. The number of nitrogen functional groups attached to an aromatic ring is 2. The molecule has 174 valence electrons. The van der Waals surface area contributed by atoms with Gasteiger partial charge in [-0.25, -0.2) is 9.59 Å². The maximum atomic E-state index is 12.4. The Labute approximate surface area is 194 Å². The first-order chi connectivity index (χ1) is 15.9. The van der Waals surface area contributed by atoms with E-state index in [0.717, 1.165) is 31.2 Å². The van der Waals surface area contributed by atoms with Crippen LogP contribution in [-0.4, -0.2) is 30.8 Å². The summed E-state index contributed by atoms with van der Waals surface area (Å²) in [6.45, 7) is 4.26. The summed E-state index contributed by atoms with van der Waals surface area (Å²) in [4.78, 5) is 24.4. The number of carbonyl (C=O) groups is 2. The van der Waals surface area contributed by atoms with E-state index in [9.17, 15) is 9.59 Å². The van der Waals surface area contributed by atoms with Gasteiger partial charge >= 0.3 is 11.9 Å². The molecule has 0 radical (unpaired) electrons. The lowest BCUT2D eigenvalue weighted by molar-refractivity contribution is -0.138. The quantitative estimate of drug-likeness (QED) is 0.254. The normalized spacial score (nSPS) is 18.1. The fourth-order valence-electron chi connectivity index (χ4n) is 3.58. The lowest BCUT2D eigenvalue weighted by Gasteiger charge is -2.28. The van der Waals surface area contributed by atoms with Crippen molar-refractivity contribution in [3.8, 4) is 0 Å². The molecule has 7 heteroatoms. The van der Waals surface area contributed by atoms with Gasteiger partial charge in [0.15, 0.2) is 0 Å². The van der Waals surface area contributed by atoms with Gasteiger partial charge in [0, 0.05) is 23.0 Å². The van der Waals surface area contributed by atoms with Crippen LogP contribution in [0.5, 0.6) is 0 Å². The van der Waals surface area contributed by atoms with Gasteiger partial charge in [-0.05, 0) is 61.6 Å². The van der Waals surface area contributed by atoms with Gasteiger partial charge in [0.25, 0.3) is 0 Å². The Morgan fingerprint density at radius 2 is 1.70 bits per heavy atom. The lowest BCUT2D eigenvalue weighted by atomic mass is 9.95. The number of carbonyl (C=O) groups excluding carboxylic acids is 2. The zero-order chi connectivity index (χ0) is 23.6. The Morgan fingerprint density at radius 3 is 2.36 bits per heavy atom. The Morgan fingerprint density at radius 1 is 1.00 bits per heavy atom. The van der Waals surface area contributed by atoms with Crippen molar-refractivity contribution >= 4 is 29.4 Å². The van der Waals surface area contributed by atoms with Gasteiger partial charge in [0.2, 0.25) is 0 Å². The van der Waals surface area contributed by atoms with Crippen LogP contribution in [0.1, 0.15) is 47.2 Å². The van der Waals surface area contributed by atoms with Crippen molar-refractivity contribution in [2.24, 2.45) is 0 Å². The summed E-state index contributed by atoms with van der Waals surface area (Å²) in [5.74, 6) is -0.844. The minimum atomic E-state index is -0.498. The Hall–Kier alpha value is -3.58. The standard InChI is InChI=1S/C26H30N2O5/c1-2-15-31-22-10-12-23(13-11-22)33-26(30)19-6-3-18(4-7-19)5-14-25(29)32-17-20-8-9-21(27)16-24(20)28/h2-9,14,16,22-23H,1,10-13,15,17,27-28H2. The number of hydrogen-bond acceptors (Lipinski definition) is 7. The van der Waals surface area contributed by atoms with Gasteiger partial charge in [0.05, 0.1) is 18.3 Å². The molecule has 3 rings (SSSR count). The summed E-state index contributed by atoms with van der Waals surface area (Å²) in [6.07, 6.45) is 8.13. The molecule has 33 heavy (non-hydrogen) atoms. The van der Waals surface area contributed by atoms with Crippen LogP contribution in [0.4, 0.5) is 11.4 Å². The van der Waals surface area contributed by atoms with Crippen molar-refractivity contribution in [3.05, 3.63) is 77.9 Å². The SMILES string of the molecule is C=CCOC1CCC(OC(=O)c2ccc(C=CC(=O)OCc3ccc(N)cc3N)cc2)CC1. The molecule has 2 aromatic carbocycles. The summed E-state index contributed by atoms with van der Waals surface area (Å²) in [6, 6.07) is 11.9. The predicted molar refractivity (Wildman–Crippen MR) is 128 cm³/mol. The van der Waals surface area contributed by atoms with Crippen molar-refractivity contribution in [1.82, 2.24) is 0 Å². The number of benzene rings is 2. The van der Waals surface area contributed by atoms with E-state index in [2.05, 4.69) is 6.58 Å². The molecule has 1 aliphatic carbocycles. The van der Waals surface area contributed by atoms with Gasteiger partial charge in [-0.3, -0.25) is 0 Å². The molecular formula is C26H30N2O5. The summed E-state index contributed by atoms with van der Waals surface area (Å²) in [7, 11) is 0. The Balaban J connectivity index is 1.44. The van der Waals surface area contributed by atoms with Crippen LogP contribution in [-0.2, 0) is 25.6 Å². The first-order valence-electron chi connectivity index (χ1n) is 11.0. The van der Waals surface area contributed by atoms with E-state index in [4.69, 9.17) is 25.7 Å². The van der Waals surface area contributed by atoms with Crippen molar-refractivity contribution in [2.75, 3.05) is 18.1 Å². The molecule has 0 aliphatic heterocycles. The molecule has 0 spiro atoms. The molecule has 0 atom stereocenters. The Kier molecular flexibility index (Phi) is 8.66. The minimum absolute atomic E-state index is 0.0579. The molecule has 0 saturated heterocycles. The van der Waals surface area contributed by atoms with Gasteiger partial charge < -0.3 is 25.7 Å². The third-order valence-electron chi connectivity index (χ3n) is 5.44. The number of anilines is 2. The van der Waals surface area contributed by atoms with Crippen LogP contribution >= 0.6 is 0 Å². The molecule has 0 heterocycles. The number of hydrogen-bond donors (Lipinski definition) is 2. The van der Waals surface area contributed by atoms with Crippen LogP contribution < -0.4 is 11.5 Å². The third-order valence-corrected chi connectivity index (χ3v) is 5.44. The number of esters is 2. The zero-order valence-electron chi connectivity index (χ0n) is 18.6. The molecule has 1 aliphatic rings. The average Bonchev–Trinajstić information content (AvgIpc) is 2.82. The van der Waals surface area contributed by atoms with Gasteiger partial charge in [-0.2, -0.15) is 0 Å². The van der Waals surface area contributed by atoms with Crippen molar-refractivity contribution in [2.45, 2.75) is 44.5 Å². The van der Waals surface area contributed by atoms with Crippen molar-refractivity contribution < 1.29 is 23.8 Å². The zero-order valence-corrected chi connectivity index (χ0v) is 18.6. The minimum Gasteiger partial charge on any atom is -0.459 e. The van der Waals surface area contributed by atoms with Gasteiger partial charge in [-0.1, -0.05) is 24.3 Å². The summed E-state index contributed by atoms with van der Waals surface area (Å²) in [5.41, 5.74) is 14.5. The van der Waals surface area contributed by atoms with E-state index in [0.29, 0.717) is 29.1 Å². The van der Waals surface area contributed by atoms with Crippen LogP contribution in [0.3, 0.4) is 0 Å². The lowest BCUT2D eigenvalue weighted by Crippen LogP contribution is -2.28. The third kappa shape index (κ3) is 7.50. The highest BCUT2D eigenvalue weighted by molar-refractivity contribution is 5.90. The second-order valence-electron chi connectivity index (χ2n) is 7.95. The van der Waals surface area contributed by atoms with Crippen LogP contribution in [0.15, 0.2) is 61.2 Å². The number of rotatable bonds is 9. The molecule has 2 aromatic rings. The second kappa shape index (κ2) is 11.9. The van der Waals surface area contributed by atoms with E-state index in [1.807, 2.05) is 0 Å². The monoisotopic (exact) mass is 450 g/mol. The summed E-state index contributed by atoms with van der Waals surface area (Å²) in [5, 5.41) is 0. The topological polar surface area (TPSA) is 114 Å². The fourth-order valence-corrected chi connectivity index (χ4v) is 3.58. The van der Waals surface area contributed by atoms with E-state index < -0.39 is 5.97 Å². The molecule has 0 unspecified atom stereocenters. The van der Waals surface area contributed by atoms with Crippen LogP contribution in [0.2, 0.25) is 0 Å². The first-order valence-corrected chi connectivity index (χ1v) is 11.0. The van der Waals surface area contributed by atoms with Gasteiger partial charge in [0.1, 0.15) is 12.7 Å². The van der Waals surface area contributed by atoms with E-state index in [1.54, 1.807) is 54.6 Å². The van der Waals surface area contributed by atoms with Crippen molar-refractivity contribution in [3.63, 3.8) is 0 Å². The smallest absolute Gasteiger partial charge is 0.338 e. The molecular weight excluding hydrogens is 420 g/mol.